The standard InChI is InChI=1S/C15H30O2.C3H8O2/c1-2-3-4-5-6-7-8-9-10-11-12-13-14-15(16)17;1-3(5)2-4/h2-14H2,1H3,(H,16,17);3-5H,2H2,1H3. The Bertz CT molecular complexity index is 217. The van der Waals surface area contributed by atoms with Gasteiger partial charge in [0.05, 0.1) is 12.7 Å². The molecular weight excluding hydrogens is 280 g/mol. The average Bonchev–Trinajstić information content (AvgIpc) is 2.48. The Hall–Kier alpha value is -0.610. The predicted octanol–water partition coefficient (Wildman–Crippen LogP) is 4.52. The number of aliphatic carboxylic acids is 1. The maximum atomic E-state index is 10.3. The van der Waals surface area contributed by atoms with E-state index in [1.165, 1.54) is 71.1 Å². The van der Waals surface area contributed by atoms with Crippen molar-refractivity contribution in [1.82, 2.24) is 0 Å². The molecule has 0 radical (unpaired) electrons. The Morgan fingerprint density at radius 2 is 1.14 bits per heavy atom. The van der Waals surface area contributed by atoms with E-state index >= 15 is 0 Å². The zero-order valence-corrected chi connectivity index (χ0v) is 14.7. The number of carboxylic acids is 1. The van der Waals surface area contributed by atoms with Crippen LogP contribution in [0, 0.1) is 0 Å². The number of aliphatic hydroxyl groups excluding tert-OH is 2. The number of carboxylic acid groups (broad SMARTS) is 1. The zero-order chi connectivity index (χ0) is 17.1. The van der Waals surface area contributed by atoms with Gasteiger partial charge in [-0.05, 0) is 13.3 Å². The molecular formula is C18H38O4. The van der Waals surface area contributed by atoms with Gasteiger partial charge in [-0.3, -0.25) is 4.79 Å². The van der Waals surface area contributed by atoms with Crippen LogP contribution in [0.1, 0.15) is 97.3 Å². The van der Waals surface area contributed by atoms with Crippen molar-refractivity contribution in [3.05, 3.63) is 0 Å². The van der Waals surface area contributed by atoms with Gasteiger partial charge in [-0.2, -0.15) is 0 Å². The lowest BCUT2D eigenvalue weighted by Gasteiger charge is -2.02. The molecule has 0 aromatic heterocycles. The number of rotatable bonds is 14. The third-order valence-corrected chi connectivity index (χ3v) is 3.51. The molecule has 4 heteroatoms. The fourth-order valence-corrected chi connectivity index (χ4v) is 2.12. The largest absolute Gasteiger partial charge is 0.481 e. The molecule has 4 nitrogen and oxygen atoms in total. The van der Waals surface area contributed by atoms with E-state index in [1.54, 1.807) is 0 Å². The number of unbranched alkanes of at least 4 members (excludes halogenated alkanes) is 11. The first kappa shape index (κ1) is 23.7. The minimum absolute atomic E-state index is 0.139. The molecule has 0 fully saturated rings. The molecule has 0 rings (SSSR count). The summed E-state index contributed by atoms with van der Waals surface area (Å²) in [6, 6.07) is 0. The molecule has 134 valence electrons. The summed E-state index contributed by atoms with van der Waals surface area (Å²) in [5, 5.41) is 24.5. The summed E-state index contributed by atoms with van der Waals surface area (Å²) in [4.78, 5) is 10.3. The molecule has 22 heavy (non-hydrogen) atoms. The summed E-state index contributed by atoms with van der Waals surface area (Å²) in [5.74, 6) is -0.655. The Kier molecular flexibility index (Phi) is 21.9. The third kappa shape index (κ3) is 27.7. The van der Waals surface area contributed by atoms with Crippen LogP contribution in [0.5, 0.6) is 0 Å². The summed E-state index contributed by atoms with van der Waals surface area (Å²) < 4.78 is 0. The van der Waals surface area contributed by atoms with Crippen LogP contribution in [0.2, 0.25) is 0 Å². The lowest BCUT2D eigenvalue weighted by atomic mass is 10.0. The lowest BCUT2D eigenvalue weighted by molar-refractivity contribution is -0.137. The maximum Gasteiger partial charge on any atom is 0.303 e. The molecule has 1 unspecified atom stereocenters. The molecule has 0 aliphatic heterocycles. The summed E-state index contributed by atoms with van der Waals surface area (Å²) in [6.07, 6.45) is 15.3. The Labute approximate surface area is 136 Å². The minimum atomic E-state index is -0.655. The summed E-state index contributed by atoms with van der Waals surface area (Å²) >= 11 is 0. The van der Waals surface area contributed by atoms with Gasteiger partial charge in [0, 0.05) is 6.42 Å². The number of aliphatic hydroxyl groups is 2. The van der Waals surface area contributed by atoms with Crippen molar-refractivity contribution in [2.24, 2.45) is 0 Å². The van der Waals surface area contributed by atoms with Crippen molar-refractivity contribution in [3.8, 4) is 0 Å². The highest BCUT2D eigenvalue weighted by molar-refractivity contribution is 5.66. The van der Waals surface area contributed by atoms with Gasteiger partial charge >= 0.3 is 5.97 Å². The highest BCUT2D eigenvalue weighted by Gasteiger charge is 1.96. The minimum Gasteiger partial charge on any atom is -0.481 e. The van der Waals surface area contributed by atoms with Gasteiger partial charge in [0.15, 0.2) is 0 Å². The van der Waals surface area contributed by atoms with E-state index in [2.05, 4.69) is 6.92 Å². The average molecular weight is 318 g/mol. The van der Waals surface area contributed by atoms with Gasteiger partial charge in [-0.25, -0.2) is 0 Å². The first-order valence-electron chi connectivity index (χ1n) is 9.05. The van der Waals surface area contributed by atoms with Crippen molar-refractivity contribution in [2.45, 2.75) is 103 Å². The van der Waals surface area contributed by atoms with Crippen LogP contribution in [0.3, 0.4) is 0 Å². The second-order valence-corrected chi connectivity index (χ2v) is 6.06. The van der Waals surface area contributed by atoms with E-state index in [1.807, 2.05) is 0 Å². The van der Waals surface area contributed by atoms with Crippen LogP contribution in [0.15, 0.2) is 0 Å². The van der Waals surface area contributed by atoms with Crippen molar-refractivity contribution in [3.63, 3.8) is 0 Å². The highest BCUT2D eigenvalue weighted by Crippen LogP contribution is 2.12. The SMILES string of the molecule is CC(O)CO.CCCCCCCCCCCCCCC(=O)O. The normalized spacial score (nSPS) is 11.6. The van der Waals surface area contributed by atoms with Crippen LogP contribution in [-0.4, -0.2) is 34.0 Å². The maximum absolute atomic E-state index is 10.3. The van der Waals surface area contributed by atoms with Crippen molar-refractivity contribution in [1.29, 1.82) is 0 Å². The number of hydrogen-bond donors (Lipinski definition) is 3. The molecule has 3 N–H and O–H groups in total. The van der Waals surface area contributed by atoms with Crippen molar-refractivity contribution in [2.75, 3.05) is 6.61 Å². The van der Waals surface area contributed by atoms with Gasteiger partial charge in [-0.1, -0.05) is 77.6 Å². The number of carbonyl (C=O) groups is 1. The molecule has 0 aliphatic rings. The molecule has 0 saturated carbocycles. The molecule has 0 heterocycles. The van der Waals surface area contributed by atoms with Gasteiger partial charge in [0.1, 0.15) is 0 Å². The number of hydrogen-bond acceptors (Lipinski definition) is 3. The van der Waals surface area contributed by atoms with E-state index in [0.717, 1.165) is 12.8 Å². The van der Waals surface area contributed by atoms with Crippen LogP contribution in [0.4, 0.5) is 0 Å². The molecule has 0 aliphatic carbocycles. The summed E-state index contributed by atoms with van der Waals surface area (Å²) in [6.45, 7) is 3.64. The summed E-state index contributed by atoms with van der Waals surface area (Å²) in [7, 11) is 0. The van der Waals surface area contributed by atoms with Gasteiger partial charge < -0.3 is 15.3 Å². The van der Waals surface area contributed by atoms with E-state index in [0.29, 0.717) is 6.42 Å². The monoisotopic (exact) mass is 318 g/mol. The fraction of sp³-hybridized carbons (Fsp3) is 0.944. The third-order valence-electron chi connectivity index (χ3n) is 3.51. The topological polar surface area (TPSA) is 77.8 Å². The lowest BCUT2D eigenvalue weighted by Crippen LogP contribution is -2.03. The van der Waals surface area contributed by atoms with E-state index < -0.39 is 12.1 Å². The molecule has 0 amide bonds. The molecule has 0 aromatic carbocycles. The van der Waals surface area contributed by atoms with Gasteiger partial charge in [0.2, 0.25) is 0 Å². The molecule has 0 bridgehead atoms. The Morgan fingerprint density at radius 3 is 1.41 bits per heavy atom. The zero-order valence-electron chi connectivity index (χ0n) is 14.7. The fourth-order valence-electron chi connectivity index (χ4n) is 2.12. The van der Waals surface area contributed by atoms with E-state index in [9.17, 15) is 4.79 Å². The van der Waals surface area contributed by atoms with Crippen molar-refractivity contribution < 1.29 is 20.1 Å². The second-order valence-electron chi connectivity index (χ2n) is 6.06. The molecule has 1 atom stereocenters. The summed E-state index contributed by atoms with van der Waals surface area (Å²) in [5.41, 5.74) is 0. The molecule has 0 saturated heterocycles. The Balaban J connectivity index is 0. The Morgan fingerprint density at radius 1 is 0.818 bits per heavy atom. The van der Waals surface area contributed by atoms with E-state index in [-0.39, 0.29) is 6.61 Å². The van der Waals surface area contributed by atoms with Crippen LogP contribution in [-0.2, 0) is 4.79 Å². The first-order valence-corrected chi connectivity index (χ1v) is 9.05. The second kappa shape index (κ2) is 20.4. The van der Waals surface area contributed by atoms with Crippen molar-refractivity contribution >= 4 is 5.97 Å². The molecule has 0 spiro atoms. The first-order chi connectivity index (χ1) is 10.5. The predicted molar refractivity (Wildman–Crippen MR) is 92.1 cm³/mol. The van der Waals surface area contributed by atoms with Gasteiger partial charge in [0.25, 0.3) is 0 Å². The highest BCUT2D eigenvalue weighted by atomic mass is 16.4. The molecule has 0 aromatic rings. The smallest absolute Gasteiger partial charge is 0.303 e. The van der Waals surface area contributed by atoms with Crippen LogP contribution >= 0.6 is 0 Å². The quantitative estimate of drug-likeness (QED) is 0.411. The van der Waals surface area contributed by atoms with Crippen LogP contribution in [0.25, 0.3) is 0 Å². The van der Waals surface area contributed by atoms with Crippen LogP contribution < -0.4 is 0 Å². The van der Waals surface area contributed by atoms with E-state index in [4.69, 9.17) is 15.3 Å². The van der Waals surface area contributed by atoms with Gasteiger partial charge in [-0.15, -0.1) is 0 Å².